The van der Waals surface area contributed by atoms with Gasteiger partial charge in [0.25, 0.3) is 0 Å². The normalized spacial score (nSPS) is 18.1. The lowest BCUT2D eigenvalue weighted by molar-refractivity contribution is 0.398. The minimum Gasteiger partial charge on any atom is -0.348 e. The van der Waals surface area contributed by atoms with Crippen LogP contribution >= 0.6 is 0 Å². The molecule has 130 valence electrons. The topological polar surface area (TPSA) is 16.1 Å². The summed E-state index contributed by atoms with van der Waals surface area (Å²) in [7, 11) is 2.16. The van der Waals surface area contributed by atoms with Gasteiger partial charge in [-0.2, -0.15) is 0 Å². The lowest BCUT2D eigenvalue weighted by Crippen LogP contribution is -2.23. The van der Waals surface area contributed by atoms with Crippen molar-refractivity contribution in [1.82, 2.24) is 4.98 Å². The third-order valence-electron chi connectivity index (χ3n) is 5.86. The fourth-order valence-corrected chi connectivity index (χ4v) is 3.97. The van der Waals surface area contributed by atoms with E-state index >= 15 is 0 Å². The molecule has 25 heavy (non-hydrogen) atoms. The first-order chi connectivity index (χ1) is 12.2. The second kappa shape index (κ2) is 7.03. The number of allylic oxidation sites excluding steroid dienone is 1. The summed E-state index contributed by atoms with van der Waals surface area (Å²) in [4.78, 5) is 6.95. The van der Waals surface area contributed by atoms with E-state index in [4.69, 9.17) is 0 Å². The Morgan fingerprint density at radius 2 is 1.80 bits per heavy atom. The molecule has 2 fully saturated rings. The minimum atomic E-state index is 0.641. The summed E-state index contributed by atoms with van der Waals surface area (Å²) in [6.07, 6.45) is 11.3. The van der Waals surface area contributed by atoms with E-state index in [1.807, 2.05) is 6.20 Å². The van der Waals surface area contributed by atoms with Crippen LogP contribution in [0.5, 0.6) is 0 Å². The third kappa shape index (κ3) is 3.63. The highest BCUT2D eigenvalue weighted by Gasteiger charge is 2.24. The van der Waals surface area contributed by atoms with Gasteiger partial charge in [0.1, 0.15) is 0 Å². The molecule has 0 radical (unpaired) electrons. The highest BCUT2D eigenvalue weighted by molar-refractivity contribution is 5.69. The van der Waals surface area contributed by atoms with Crippen LogP contribution in [0.3, 0.4) is 0 Å². The van der Waals surface area contributed by atoms with Gasteiger partial charge in [-0.05, 0) is 55.4 Å². The first-order valence-electron chi connectivity index (χ1n) is 9.71. The van der Waals surface area contributed by atoms with E-state index in [-0.39, 0.29) is 0 Å². The zero-order valence-electron chi connectivity index (χ0n) is 15.2. The molecule has 1 aromatic heterocycles. The molecule has 1 aromatic carbocycles. The lowest BCUT2D eigenvalue weighted by Gasteiger charge is -2.31. The minimum absolute atomic E-state index is 0.641. The first kappa shape index (κ1) is 16.4. The van der Waals surface area contributed by atoms with Crippen LogP contribution in [0.1, 0.15) is 56.6 Å². The number of hydrogen-bond donors (Lipinski definition) is 0. The van der Waals surface area contributed by atoms with E-state index < -0.39 is 0 Å². The second-order valence-corrected chi connectivity index (χ2v) is 7.68. The number of pyridine rings is 1. The van der Waals surface area contributed by atoms with Gasteiger partial charge in [0, 0.05) is 41.8 Å². The van der Waals surface area contributed by atoms with Crippen LogP contribution in [0.2, 0.25) is 0 Å². The number of nitrogens with zero attached hydrogens (tertiary/aromatic N) is 2. The number of rotatable bonds is 5. The molecule has 0 saturated heterocycles. The largest absolute Gasteiger partial charge is 0.348 e. The average Bonchev–Trinajstić information content (AvgIpc) is 3.53. The maximum Gasteiger partial charge on any atom is 0.0434 e. The molecule has 2 aliphatic rings. The lowest BCUT2D eigenvalue weighted by atomic mass is 9.87. The summed E-state index contributed by atoms with van der Waals surface area (Å²) < 4.78 is 0. The van der Waals surface area contributed by atoms with Crippen molar-refractivity contribution in [2.24, 2.45) is 5.92 Å². The Kier molecular flexibility index (Phi) is 4.61. The smallest absolute Gasteiger partial charge is 0.0434 e. The van der Waals surface area contributed by atoms with Crippen molar-refractivity contribution in [3.05, 3.63) is 60.6 Å². The molecule has 0 N–H and O–H groups in total. The standard InChI is InChI=1S/C23H28N2/c1-17(18-7-4-3-5-8-18)25(2)22-10-6-9-20(15-22)21-13-14-23(24-16-21)19-11-12-19/h6,9-10,13-16,18-19H,1,3-5,7-8,11-12H2,2H3. The molecular weight excluding hydrogens is 304 g/mol. The van der Waals surface area contributed by atoms with Gasteiger partial charge in [0.2, 0.25) is 0 Å². The highest BCUT2D eigenvalue weighted by atomic mass is 15.1. The molecule has 4 rings (SSSR count). The fourth-order valence-electron chi connectivity index (χ4n) is 3.97. The average molecular weight is 332 g/mol. The number of benzene rings is 1. The predicted molar refractivity (Wildman–Crippen MR) is 106 cm³/mol. The number of hydrogen-bond acceptors (Lipinski definition) is 2. The molecule has 0 bridgehead atoms. The van der Waals surface area contributed by atoms with Gasteiger partial charge in [-0.15, -0.1) is 0 Å². The van der Waals surface area contributed by atoms with Crippen LogP contribution in [-0.4, -0.2) is 12.0 Å². The van der Waals surface area contributed by atoms with E-state index in [2.05, 4.69) is 59.9 Å². The van der Waals surface area contributed by atoms with Crippen LogP contribution < -0.4 is 4.90 Å². The van der Waals surface area contributed by atoms with Crippen molar-refractivity contribution < 1.29 is 0 Å². The summed E-state index contributed by atoms with van der Waals surface area (Å²) >= 11 is 0. The third-order valence-corrected chi connectivity index (χ3v) is 5.86. The molecule has 0 unspecified atom stereocenters. The zero-order chi connectivity index (χ0) is 17.2. The zero-order valence-corrected chi connectivity index (χ0v) is 15.2. The van der Waals surface area contributed by atoms with Gasteiger partial charge in [-0.1, -0.05) is 44.0 Å². The molecule has 0 aliphatic heterocycles. The van der Waals surface area contributed by atoms with Crippen LogP contribution in [0.4, 0.5) is 5.69 Å². The Hall–Kier alpha value is -2.09. The Morgan fingerprint density at radius 3 is 2.48 bits per heavy atom. The van der Waals surface area contributed by atoms with Crippen LogP contribution in [0, 0.1) is 5.92 Å². The Morgan fingerprint density at radius 1 is 1.00 bits per heavy atom. The molecule has 2 saturated carbocycles. The Balaban J connectivity index is 1.52. The maximum absolute atomic E-state index is 4.67. The molecular formula is C23H28N2. The van der Waals surface area contributed by atoms with E-state index in [0.717, 1.165) is 0 Å². The van der Waals surface area contributed by atoms with Crippen molar-refractivity contribution in [3.8, 4) is 11.1 Å². The Bertz CT molecular complexity index is 737. The van der Waals surface area contributed by atoms with E-state index in [9.17, 15) is 0 Å². The van der Waals surface area contributed by atoms with Crippen molar-refractivity contribution in [3.63, 3.8) is 0 Å². The molecule has 1 heterocycles. The molecule has 0 atom stereocenters. The molecule has 2 aromatic rings. The monoisotopic (exact) mass is 332 g/mol. The van der Waals surface area contributed by atoms with Crippen molar-refractivity contribution in [1.29, 1.82) is 0 Å². The summed E-state index contributed by atoms with van der Waals surface area (Å²) in [5, 5.41) is 0. The highest BCUT2D eigenvalue weighted by Crippen LogP contribution is 2.39. The van der Waals surface area contributed by atoms with E-state index in [1.54, 1.807) is 0 Å². The van der Waals surface area contributed by atoms with E-state index in [1.165, 1.54) is 73.2 Å². The molecule has 2 nitrogen and oxygen atoms in total. The molecule has 2 aliphatic carbocycles. The van der Waals surface area contributed by atoms with Gasteiger partial charge < -0.3 is 4.90 Å². The first-order valence-corrected chi connectivity index (χ1v) is 9.71. The van der Waals surface area contributed by atoms with Gasteiger partial charge in [0.05, 0.1) is 0 Å². The van der Waals surface area contributed by atoms with Gasteiger partial charge in [-0.3, -0.25) is 4.98 Å². The number of aromatic nitrogens is 1. The SMILES string of the molecule is C=C(C1CCCCC1)N(C)c1cccc(-c2ccc(C3CC3)nc2)c1. The van der Waals surface area contributed by atoms with Crippen LogP contribution in [0.15, 0.2) is 54.9 Å². The molecule has 0 spiro atoms. The van der Waals surface area contributed by atoms with Gasteiger partial charge in [0.15, 0.2) is 0 Å². The Labute approximate surface area is 151 Å². The van der Waals surface area contributed by atoms with Gasteiger partial charge >= 0.3 is 0 Å². The summed E-state index contributed by atoms with van der Waals surface area (Å²) in [5.74, 6) is 1.35. The second-order valence-electron chi connectivity index (χ2n) is 7.68. The number of anilines is 1. The van der Waals surface area contributed by atoms with Crippen molar-refractivity contribution in [2.75, 3.05) is 11.9 Å². The summed E-state index contributed by atoms with van der Waals surface area (Å²) in [5.41, 5.74) is 6.17. The van der Waals surface area contributed by atoms with Crippen molar-refractivity contribution >= 4 is 5.69 Å². The van der Waals surface area contributed by atoms with Gasteiger partial charge in [-0.25, -0.2) is 0 Å². The maximum atomic E-state index is 4.67. The van der Waals surface area contributed by atoms with Crippen LogP contribution in [-0.2, 0) is 0 Å². The van der Waals surface area contributed by atoms with Crippen molar-refractivity contribution in [2.45, 2.75) is 50.9 Å². The van der Waals surface area contributed by atoms with E-state index in [0.29, 0.717) is 11.8 Å². The predicted octanol–water partition coefficient (Wildman–Crippen LogP) is 6.16. The molecule has 2 heteroatoms. The molecule has 0 amide bonds. The summed E-state index contributed by atoms with van der Waals surface area (Å²) in [6.45, 7) is 4.41. The fraction of sp³-hybridized carbons (Fsp3) is 0.435. The summed E-state index contributed by atoms with van der Waals surface area (Å²) in [6, 6.07) is 13.2. The van der Waals surface area contributed by atoms with Crippen LogP contribution in [0.25, 0.3) is 11.1 Å². The quantitative estimate of drug-likeness (QED) is 0.652.